The number of thioether (sulfide) groups is 1. The minimum absolute atomic E-state index is 0.0420. The van der Waals surface area contributed by atoms with Crippen molar-refractivity contribution in [3.8, 4) is 11.5 Å². The van der Waals surface area contributed by atoms with Crippen LogP contribution in [0, 0.1) is 0 Å². The van der Waals surface area contributed by atoms with Crippen molar-refractivity contribution in [3.63, 3.8) is 0 Å². The van der Waals surface area contributed by atoms with Gasteiger partial charge in [-0.05, 0) is 25.0 Å². The number of anilines is 1. The van der Waals surface area contributed by atoms with Crippen LogP contribution in [0.15, 0.2) is 40.4 Å². The summed E-state index contributed by atoms with van der Waals surface area (Å²) in [5.74, 6) is 2.80. The van der Waals surface area contributed by atoms with Crippen LogP contribution in [0.25, 0.3) is 11.5 Å². The van der Waals surface area contributed by atoms with Gasteiger partial charge in [0.25, 0.3) is 5.22 Å². The number of imidazole rings is 1. The van der Waals surface area contributed by atoms with Gasteiger partial charge in [0.2, 0.25) is 11.8 Å². The molecule has 9 heteroatoms. The summed E-state index contributed by atoms with van der Waals surface area (Å²) in [6.07, 6.45) is 8.70. The van der Waals surface area contributed by atoms with E-state index in [1.54, 1.807) is 18.6 Å². The molecule has 1 amide bonds. The van der Waals surface area contributed by atoms with Crippen LogP contribution < -0.4 is 5.32 Å². The number of nitrogens with zero attached hydrogens (tertiary/aromatic N) is 5. The van der Waals surface area contributed by atoms with Crippen molar-refractivity contribution in [1.29, 1.82) is 0 Å². The number of fused-ring (bicyclic) bond motifs is 1. The first-order valence-corrected chi connectivity index (χ1v) is 9.49. The van der Waals surface area contributed by atoms with Crippen LogP contribution in [0.4, 0.5) is 5.82 Å². The van der Waals surface area contributed by atoms with Gasteiger partial charge < -0.3 is 14.3 Å². The number of aryl methyl sites for hydroxylation is 1. The third kappa shape index (κ3) is 3.77. The Hall–Kier alpha value is -2.68. The summed E-state index contributed by atoms with van der Waals surface area (Å²) in [5, 5.41) is 11.4. The van der Waals surface area contributed by atoms with Gasteiger partial charge in [0.05, 0.1) is 6.20 Å². The molecule has 0 bridgehead atoms. The van der Waals surface area contributed by atoms with Gasteiger partial charge in [-0.15, -0.1) is 10.2 Å². The van der Waals surface area contributed by atoms with Gasteiger partial charge in [-0.3, -0.25) is 9.78 Å². The molecule has 0 unspecified atom stereocenters. The first kappa shape index (κ1) is 16.8. The molecule has 8 nitrogen and oxygen atoms in total. The lowest BCUT2D eigenvalue weighted by Crippen LogP contribution is -2.18. The molecule has 1 aliphatic rings. The summed E-state index contributed by atoms with van der Waals surface area (Å²) in [4.78, 5) is 20.5. The quantitative estimate of drug-likeness (QED) is 0.666. The van der Waals surface area contributed by atoms with Crippen LogP contribution in [0.3, 0.4) is 0 Å². The van der Waals surface area contributed by atoms with E-state index >= 15 is 0 Å². The van der Waals surface area contributed by atoms with Crippen molar-refractivity contribution in [2.24, 2.45) is 0 Å². The fourth-order valence-corrected chi connectivity index (χ4v) is 3.53. The highest BCUT2D eigenvalue weighted by Gasteiger charge is 2.16. The van der Waals surface area contributed by atoms with Gasteiger partial charge in [-0.2, -0.15) is 0 Å². The number of rotatable bonds is 6. The highest BCUT2D eigenvalue weighted by atomic mass is 32.2. The molecule has 1 N–H and O–H groups in total. The molecule has 3 aromatic heterocycles. The second-order valence-corrected chi connectivity index (χ2v) is 6.97. The highest BCUT2D eigenvalue weighted by molar-refractivity contribution is 7.99. The first-order valence-electron chi connectivity index (χ1n) is 8.50. The molecule has 0 aliphatic carbocycles. The molecule has 1 aliphatic heterocycles. The van der Waals surface area contributed by atoms with Crippen LogP contribution in [0.5, 0.6) is 0 Å². The van der Waals surface area contributed by atoms with Crippen molar-refractivity contribution < 1.29 is 9.21 Å². The molecule has 0 fully saturated rings. The van der Waals surface area contributed by atoms with E-state index in [4.69, 9.17) is 4.42 Å². The van der Waals surface area contributed by atoms with Crippen molar-refractivity contribution in [3.05, 3.63) is 36.5 Å². The average Bonchev–Trinajstić information content (AvgIpc) is 3.30. The van der Waals surface area contributed by atoms with Crippen molar-refractivity contribution in [2.45, 2.75) is 37.5 Å². The molecule has 0 spiro atoms. The van der Waals surface area contributed by atoms with Crippen LogP contribution in [0.1, 0.15) is 25.1 Å². The molecule has 4 heterocycles. The number of nitrogens with one attached hydrogen (secondary N) is 1. The Morgan fingerprint density at radius 1 is 1.27 bits per heavy atom. The predicted octanol–water partition coefficient (Wildman–Crippen LogP) is 2.79. The third-order valence-electron chi connectivity index (χ3n) is 4.13. The average molecular weight is 370 g/mol. The lowest BCUT2D eigenvalue weighted by molar-refractivity contribution is -0.115. The lowest BCUT2D eigenvalue weighted by Gasteiger charge is -2.16. The van der Waals surface area contributed by atoms with Crippen LogP contribution in [0.2, 0.25) is 0 Å². The predicted molar refractivity (Wildman–Crippen MR) is 96.7 cm³/mol. The minimum Gasteiger partial charge on any atom is -0.411 e. The molecule has 26 heavy (non-hydrogen) atoms. The number of aromatic nitrogens is 5. The second-order valence-electron chi connectivity index (χ2n) is 5.92. The first-order chi connectivity index (χ1) is 12.8. The Kier molecular flexibility index (Phi) is 4.96. The monoisotopic (exact) mass is 370 g/mol. The van der Waals surface area contributed by atoms with Gasteiger partial charge >= 0.3 is 0 Å². The van der Waals surface area contributed by atoms with E-state index in [1.165, 1.54) is 11.8 Å². The SMILES string of the molecule is O=C(CCSc1nnc(-c2ccncc2)o1)Nc1cnc2n1CCCC2. The van der Waals surface area contributed by atoms with Crippen LogP contribution >= 0.6 is 11.8 Å². The van der Waals surface area contributed by atoms with Crippen molar-refractivity contribution in [1.82, 2.24) is 24.7 Å². The maximum Gasteiger partial charge on any atom is 0.276 e. The molecule has 0 atom stereocenters. The molecule has 0 radical (unpaired) electrons. The van der Waals surface area contributed by atoms with Crippen molar-refractivity contribution in [2.75, 3.05) is 11.1 Å². The molecule has 134 valence electrons. The maximum atomic E-state index is 12.2. The Morgan fingerprint density at radius 3 is 3.04 bits per heavy atom. The zero-order chi connectivity index (χ0) is 17.8. The van der Waals surface area contributed by atoms with Gasteiger partial charge in [0.1, 0.15) is 11.6 Å². The molecular weight excluding hydrogens is 352 g/mol. The third-order valence-corrected chi connectivity index (χ3v) is 4.95. The number of amides is 1. The van der Waals surface area contributed by atoms with Gasteiger partial charge in [0.15, 0.2) is 0 Å². The number of pyridine rings is 1. The fraction of sp³-hybridized carbons (Fsp3) is 0.353. The Bertz CT molecular complexity index is 892. The smallest absolute Gasteiger partial charge is 0.276 e. The van der Waals surface area contributed by atoms with E-state index in [0.29, 0.717) is 23.3 Å². The van der Waals surface area contributed by atoms with Crippen LogP contribution in [-0.2, 0) is 17.8 Å². The number of carbonyl (C=O) groups excluding carboxylic acids is 1. The summed E-state index contributed by atoms with van der Waals surface area (Å²) < 4.78 is 7.69. The summed E-state index contributed by atoms with van der Waals surface area (Å²) in [6.45, 7) is 0.916. The summed E-state index contributed by atoms with van der Waals surface area (Å²) >= 11 is 1.37. The molecule has 4 rings (SSSR count). The molecule has 0 saturated carbocycles. The second kappa shape index (κ2) is 7.69. The van der Waals surface area contributed by atoms with E-state index in [9.17, 15) is 4.79 Å². The zero-order valence-corrected chi connectivity index (χ0v) is 14.9. The Labute approximate surface area is 154 Å². The number of carbonyl (C=O) groups is 1. The topological polar surface area (TPSA) is 98.7 Å². The van der Waals surface area contributed by atoms with E-state index < -0.39 is 0 Å². The van der Waals surface area contributed by atoms with Gasteiger partial charge in [-0.1, -0.05) is 11.8 Å². The summed E-state index contributed by atoms with van der Waals surface area (Å²) in [6, 6.07) is 3.61. The van der Waals surface area contributed by atoms with Crippen LogP contribution in [-0.4, -0.2) is 36.4 Å². The van der Waals surface area contributed by atoms with Gasteiger partial charge in [-0.25, -0.2) is 4.98 Å². The molecule has 0 saturated heterocycles. The summed E-state index contributed by atoms with van der Waals surface area (Å²) in [5.41, 5.74) is 0.822. The Balaban J connectivity index is 1.28. The lowest BCUT2D eigenvalue weighted by atomic mass is 10.2. The zero-order valence-electron chi connectivity index (χ0n) is 14.1. The Morgan fingerprint density at radius 2 is 2.15 bits per heavy atom. The number of hydrogen-bond acceptors (Lipinski definition) is 7. The van der Waals surface area contributed by atoms with E-state index in [-0.39, 0.29) is 5.91 Å². The maximum absolute atomic E-state index is 12.2. The van der Waals surface area contributed by atoms with E-state index in [1.807, 2.05) is 12.1 Å². The molecule has 0 aromatic carbocycles. The molecular formula is C17H18N6O2S. The standard InChI is InChI=1S/C17H18N6O2S/c24-15(20-14-11-19-13-3-1-2-9-23(13)14)6-10-26-17-22-21-16(25-17)12-4-7-18-8-5-12/h4-5,7-8,11H,1-3,6,9-10H2,(H,20,24). The van der Waals surface area contributed by atoms with Crippen molar-refractivity contribution >= 4 is 23.5 Å². The normalized spacial score (nSPS) is 13.4. The number of hydrogen-bond donors (Lipinski definition) is 1. The van der Waals surface area contributed by atoms with E-state index in [0.717, 1.165) is 43.0 Å². The largest absolute Gasteiger partial charge is 0.411 e. The summed E-state index contributed by atoms with van der Waals surface area (Å²) in [7, 11) is 0. The molecule has 3 aromatic rings. The van der Waals surface area contributed by atoms with Gasteiger partial charge in [0, 0.05) is 43.1 Å². The minimum atomic E-state index is -0.0420. The van der Waals surface area contributed by atoms with E-state index in [2.05, 4.69) is 30.0 Å². The highest BCUT2D eigenvalue weighted by Crippen LogP contribution is 2.23. The fourth-order valence-electron chi connectivity index (χ4n) is 2.83.